The Bertz CT molecular complexity index is 688. The van der Waals surface area contributed by atoms with Gasteiger partial charge in [-0.05, 0) is 32.2 Å². The molecule has 1 aliphatic carbocycles. The Hall–Kier alpha value is -1.56. The Morgan fingerprint density at radius 2 is 2.00 bits per heavy atom. The van der Waals surface area contributed by atoms with Gasteiger partial charge in [0, 0.05) is 24.4 Å². The SMILES string of the molecule is Cc1ccc(-c2cnc(CCC(=O)NC3CCCC3CN)o2)cc1.Cl.Cl. The first-order valence-corrected chi connectivity index (χ1v) is 8.67. The molecule has 26 heavy (non-hydrogen) atoms. The minimum absolute atomic E-state index is 0. The van der Waals surface area contributed by atoms with Crippen LogP contribution in [0.25, 0.3) is 11.3 Å². The molecule has 0 radical (unpaired) electrons. The quantitative estimate of drug-likeness (QED) is 0.775. The van der Waals surface area contributed by atoms with Crippen molar-refractivity contribution in [2.75, 3.05) is 6.54 Å². The number of benzene rings is 1. The lowest BCUT2D eigenvalue weighted by atomic mass is 10.0. The third-order valence-corrected chi connectivity index (χ3v) is 4.76. The average Bonchev–Trinajstić information content (AvgIpc) is 3.22. The molecule has 1 saturated carbocycles. The van der Waals surface area contributed by atoms with Crippen molar-refractivity contribution in [2.24, 2.45) is 11.7 Å². The number of nitrogens with two attached hydrogens (primary N) is 1. The number of carbonyl (C=O) groups is 1. The standard InChI is InChI=1S/C19H25N3O2.2ClH/c1-13-5-7-14(8-6-13)17-12-21-19(24-17)10-9-18(23)22-16-4-2-3-15(16)11-20;;/h5-8,12,15-16H,2-4,9-11,20H2,1H3,(H,22,23);2*1H. The average molecular weight is 400 g/mol. The molecule has 2 atom stereocenters. The van der Waals surface area contributed by atoms with E-state index in [0.717, 1.165) is 30.6 Å². The molecule has 0 saturated heterocycles. The molecule has 1 aromatic heterocycles. The van der Waals surface area contributed by atoms with Crippen LogP contribution in [0.4, 0.5) is 0 Å². The Kier molecular flexibility index (Phi) is 9.13. The molecular formula is C19H27Cl2N3O2. The zero-order valence-corrected chi connectivity index (χ0v) is 16.6. The van der Waals surface area contributed by atoms with Gasteiger partial charge in [-0.25, -0.2) is 4.98 Å². The van der Waals surface area contributed by atoms with E-state index < -0.39 is 0 Å². The van der Waals surface area contributed by atoms with E-state index in [2.05, 4.69) is 10.3 Å². The topological polar surface area (TPSA) is 81.2 Å². The molecule has 1 aromatic carbocycles. The molecule has 1 heterocycles. The summed E-state index contributed by atoms with van der Waals surface area (Å²) in [4.78, 5) is 16.4. The van der Waals surface area contributed by atoms with Gasteiger partial charge in [0.2, 0.25) is 5.91 Å². The maximum absolute atomic E-state index is 12.1. The van der Waals surface area contributed by atoms with Crippen LogP contribution in [0.1, 0.15) is 37.1 Å². The molecule has 2 aromatic rings. The highest BCUT2D eigenvalue weighted by Crippen LogP contribution is 2.25. The first-order valence-electron chi connectivity index (χ1n) is 8.67. The van der Waals surface area contributed by atoms with Crippen molar-refractivity contribution in [3.05, 3.63) is 41.9 Å². The van der Waals surface area contributed by atoms with E-state index in [1.807, 2.05) is 31.2 Å². The van der Waals surface area contributed by atoms with Gasteiger partial charge in [0.25, 0.3) is 0 Å². The highest BCUT2D eigenvalue weighted by Gasteiger charge is 2.27. The van der Waals surface area contributed by atoms with Gasteiger partial charge < -0.3 is 15.5 Å². The van der Waals surface area contributed by atoms with Gasteiger partial charge in [0.1, 0.15) is 0 Å². The third kappa shape index (κ3) is 5.73. The second-order valence-electron chi connectivity index (χ2n) is 6.58. The Morgan fingerprint density at radius 1 is 1.27 bits per heavy atom. The normalized spacial score (nSPS) is 18.7. The second kappa shape index (κ2) is 10.6. The van der Waals surface area contributed by atoms with Gasteiger partial charge in [-0.1, -0.05) is 36.2 Å². The molecule has 5 nitrogen and oxygen atoms in total. The summed E-state index contributed by atoms with van der Waals surface area (Å²) in [6, 6.07) is 8.34. The van der Waals surface area contributed by atoms with Crippen LogP contribution >= 0.6 is 24.8 Å². The van der Waals surface area contributed by atoms with E-state index in [-0.39, 0.29) is 36.8 Å². The summed E-state index contributed by atoms with van der Waals surface area (Å²) < 4.78 is 5.76. The first-order chi connectivity index (χ1) is 11.7. The number of rotatable bonds is 6. The summed E-state index contributed by atoms with van der Waals surface area (Å²) in [5.74, 6) is 1.81. The van der Waals surface area contributed by atoms with Gasteiger partial charge in [0.05, 0.1) is 6.20 Å². The molecule has 0 spiro atoms. The Labute approximate surface area is 167 Å². The van der Waals surface area contributed by atoms with E-state index in [4.69, 9.17) is 10.2 Å². The molecule has 0 bridgehead atoms. The molecule has 2 unspecified atom stereocenters. The third-order valence-electron chi connectivity index (χ3n) is 4.76. The van der Waals surface area contributed by atoms with Gasteiger partial charge in [-0.15, -0.1) is 24.8 Å². The lowest BCUT2D eigenvalue weighted by molar-refractivity contribution is -0.122. The van der Waals surface area contributed by atoms with Crippen LogP contribution in [-0.4, -0.2) is 23.5 Å². The number of halogens is 2. The largest absolute Gasteiger partial charge is 0.441 e. The fourth-order valence-corrected chi connectivity index (χ4v) is 3.29. The minimum atomic E-state index is 0. The lowest BCUT2D eigenvalue weighted by Gasteiger charge is -2.19. The van der Waals surface area contributed by atoms with Crippen LogP contribution in [-0.2, 0) is 11.2 Å². The fourth-order valence-electron chi connectivity index (χ4n) is 3.29. The summed E-state index contributed by atoms with van der Waals surface area (Å²) in [7, 11) is 0. The summed E-state index contributed by atoms with van der Waals surface area (Å²) in [5, 5.41) is 3.11. The number of hydrogen-bond acceptors (Lipinski definition) is 4. The van der Waals surface area contributed by atoms with Crippen LogP contribution < -0.4 is 11.1 Å². The van der Waals surface area contributed by atoms with E-state index in [1.54, 1.807) is 6.20 Å². The molecule has 1 fully saturated rings. The maximum Gasteiger partial charge on any atom is 0.220 e. The highest BCUT2D eigenvalue weighted by atomic mass is 35.5. The Morgan fingerprint density at radius 3 is 2.69 bits per heavy atom. The number of nitrogens with one attached hydrogen (secondary N) is 1. The summed E-state index contributed by atoms with van der Waals surface area (Å²) in [6.45, 7) is 2.69. The molecule has 1 amide bonds. The van der Waals surface area contributed by atoms with Crippen molar-refractivity contribution in [3.8, 4) is 11.3 Å². The van der Waals surface area contributed by atoms with Crippen LogP contribution in [0.2, 0.25) is 0 Å². The van der Waals surface area contributed by atoms with Crippen molar-refractivity contribution in [2.45, 2.75) is 45.1 Å². The lowest BCUT2D eigenvalue weighted by Crippen LogP contribution is -2.39. The number of aromatic nitrogens is 1. The highest BCUT2D eigenvalue weighted by molar-refractivity contribution is 5.85. The van der Waals surface area contributed by atoms with Gasteiger partial charge >= 0.3 is 0 Å². The molecule has 0 aliphatic heterocycles. The van der Waals surface area contributed by atoms with E-state index in [1.165, 1.54) is 5.56 Å². The molecule has 3 rings (SSSR count). The molecule has 144 valence electrons. The summed E-state index contributed by atoms with van der Waals surface area (Å²) >= 11 is 0. The molecule has 1 aliphatic rings. The van der Waals surface area contributed by atoms with Crippen LogP contribution in [0.15, 0.2) is 34.9 Å². The maximum atomic E-state index is 12.1. The number of amides is 1. The van der Waals surface area contributed by atoms with E-state index >= 15 is 0 Å². The van der Waals surface area contributed by atoms with Crippen molar-refractivity contribution < 1.29 is 9.21 Å². The predicted molar refractivity (Wildman–Crippen MR) is 108 cm³/mol. The van der Waals surface area contributed by atoms with Crippen molar-refractivity contribution in [3.63, 3.8) is 0 Å². The van der Waals surface area contributed by atoms with Crippen molar-refractivity contribution in [1.29, 1.82) is 0 Å². The number of oxazole rings is 1. The van der Waals surface area contributed by atoms with Crippen molar-refractivity contribution in [1.82, 2.24) is 10.3 Å². The minimum Gasteiger partial charge on any atom is -0.441 e. The number of aryl methyl sites for hydroxylation is 2. The van der Waals surface area contributed by atoms with E-state index in [9.17, 15) is 4.79 Å². The van der Waals surface area contributed by atoms with Gasteiger partial charge in [-0.3, -0.25) is 4.79 Å². The fraction of sp³-hybridized carbons (Fsp3) is 0.474. The Balaban J connectivity index is 0.00000169. The predicted octanol–water partition coefficient (Wildman–Crippen LogP) is 3.67. The van der Waals surface area contributed by atoms with Crippen molar-refractivity contribution >= 4 is 30.7 Å². The molecular weight excluding hydrogens is 373 g/mol. The van der Waals surface area contributed by atoms with Crippen LogP contribution in [0.3, 0.4) is 0 Å². The molecule has 3 N–H and O–H groups in total. The van der Waals surface area contributed by atoms with E-state index in [0.29, 0.717) is 31.2 Å². The summed E-state index contributed by atoms with van der Waals surface area (Å²) in [5.41, 5.74) is 7.96. The number of nitrogens with zero attached hydrogens (tertiary/aromatic N) is 1. The second-order valence-corrected chi connectivity index (χ2v) is 6.58. The van der Waals surface area contributed by atoms with Crippen LogP contribution in [0.5, 0.6) is 0 Å². The zero-order valence-electron chi connectivity index (χ0n) is 14.9. The number of hydrogen-bond donors (Lipinski definition) is 2. The zero-order chi connectivity index (χ0) is 16.9. The number of carbonyl (C=O) groups excluding carboxylic acids is 1. The monoisotopic (exact) mass is 399 g/mol. The smallest absolute Gasteiger partial charge is 0.220 e. The van der Waals surface area contributed by atoms with Gasteiger partial charge in [-0.2, -0.15) is 0 Å². The van der Waals surface area contributed by atoms with Crippen LogP contribution in [0, 0.1) is 12.8 Å². The van der Waals surface area contributed by atoms with Gasteiger partial charge in [0.15, 0.2) is 11.7 Å². The summed E-state index contributed by atoms with van der Waals surface area (Å²) in [6.07, 6.45) is 5.91. The first kappa shape index (κ1) is 22.5. The molecule has 7 heteroatoms.